The van der Waals surface area contributed by atoms with Crippen LogP contribution in [0, 0.1) is 0 Å². The predicted molar refractivity (Wildman–Crippen MR) is 99.6 cm³/mol. The van der Waals surface area contributed by atoms with Gasteiger partial charge in [0.25, 0.3) is 0 Å². The third-order valence-electron chi connectivity index (χ3n) is 5.17. The number of ether oxygens (including phenoxy) is 2. The van der Waals surface area contributed by atoms with Crippen molar-refractivity contribution in [1.82, 2.24) is 10.2 Å². The lowest BCUT2D eigenvalue weighted by Crippen LogP contribution is -2.46. The molecule has 2 amide bonds. The largest absolute Gasteiger partial charge is 0.486 e. The summed E-state index contributed by atoms with van der Waals surface area (Å²) in [6.45, 7) is 0.860. The van der Waals surface area contributed by atoms with E-state index in [-0.39, 0.29) is 18.2 Å². The number of nitrogens with zero attached hydrogens (tertiary/aromatic N) is 1. The Morgan fingerprint density at radius 1 is 1.15 bits per heavy atom. The predicted octanol–water partition coefficient (Wildman–Crippen LogP) is 3.55. The van der Waals surface area contributed by atoms with Crippen LogP contribution in [0.3, 0.4) is 0 Å². The van der Waals surface area contributed by atoms with Gasteiger partial charge in [-0.15, -0.1) is 0 Å². The van der Waals surface area contributed by atoms with E-state index in [4.69, 9.17) is 9.47 Å². The smallest absolute Gasteiger partial charge is 0.317 e. The Balaban J connectivity index is 1.36. The highest BCUT2D eigenvalue weighted by molar-refractivity contribution is 5.74. The zero-order valence-electron chi connectivity index (χ0n) is 15.0. The number of benzene rings is 2. The van der Waals surface area contributed by atoms with Gasteiger partial charge in [0.1, 0.15) is 6.61 Å². The fourth-order valence-electron chi connectivity index (χ4n) is 3.76. The van der Waals surface area contributed by atoms with E-state index in [1.165, 1.54) is 11.1 Å². The normalized spacial score (nSPS) is 20.8. The van der Waals surface area contributed by atoms with Crippen LogP contribution in [-0.4, -0.2) is 37.2 Å². The number of para-hydroxylation sites is 2. The molecule has 26 heavy (non-hydrogen) atoms. The molecular weight excluding hydrogens is 328 g/mol. The highest BCUT2D eigenvalue weighted by atomic mass is 16.6. The molecule has 0 aromatic heterocycles. The Labute approximate surface area is 153 Å². The summed E-state index contributed by atoms with van der Waals surface area (Å²) < 4.78 is 11.6. The topological polar surface area (TPSA) is 50.8 Å². The van der Waals surface area contributed by atoms with Crippen molar-refractivity contribution < 1.29 is 14.3 Å². The van der Waals surface area contributed by atoms with Crippen molar-refractivity contribution in [3.63, 3.8) is 0 Å². The van der Waals surface area contributed by atoms with Gasteiger partial charge in [0.2, 0.25) is 0 Å². The first-order valence-corrected chi connectivity index (χ1v) is 9.19. The average molecular weight is 352 g/mol. The van der Waals surface area contributed by atoms with E-state index >= 15 is 0 Å². The van der Waals surface area contributed by atoms with Crippen molar-refractivity contribution in [3.05, 3.63) is 59.7 Å². The van der Waals surface area contributed by atoms with Crippen LogP contribution in [0.15, 0.2) is 48.5 Å². The maximum absolute atomic E-state index is 12.7. The maximum atomic E-state index is 12.7. The number of amides is 2. The number of carbonyl (C=O) groups excluding carboxylic acids is 1. The molecule has 0 unspecified atom stereocenters. The fraction of sp³-hybridized carbons (Fsp3) is 0.381. The number of hydrogen-bond donors (Lipinski definition) is 1. The van der Waals surface area contributed by atoms with Gasteiger partial charge in [0, 0.05) is 7.05 Å². The van der Waals surface area contributed by atoms with Gasteiger partial charge in [-0.3, -0.25) is 0 Å². The molecule has 2 aliphatic rings. The second kappa shape index (κ2) is 7.28. The van der Waals surface area contributed by atoms with Crippen LogP contribution >= 0.6 is 0 Å². The molecule has 0 fully saturated rings. The van der Waals surface area contributed by atoms with Crippen LogP contribution in [0.4, 0.5) is 4.79 Å². The molecule has 1 aliphatic heterocycles. The molecule has 2 aromatic carbocycles. The minimum atomic E-state index is -0.180. The minimum Gasteiger partial charge on any atom is -0.486 e. The number of urea groups is 1. The van der Waals surface area contributed by atoms with Crippen LogP contribution < -0.4 is 14.8 Å². The summed E-state index contributed by atoms with van der Waals surface area (Å²) >= 11 is 0. The molecule has 0 saturated carbocycles. The lowest BCUT2D eigenvalue weighted by atomic mass is 9.87. The standard InChI is InChI=1S/C21H24N2O3/c1-23(18-10-6-8-15-7-2-3-9-17(15)18)21(24)22-13-16-14-25-19-11-4-5-12-20(19)26-16/h2-5,7,9,11-12,16,18H,6,8,10,13-14H2,1H3,(H,22,24)/t16-,18-/m0/s1. The molecule has 2 atom stereocenters. The monoisotopic (exact) mass is 352 g/mol. The molecule has 5 nitrogen and oxygen atoms in total. The van der Waals surface area contributed by atoms with Crippen LogP contribution in [0.2, 0.25) is 0 Å². The van der Waals surface area contributed by atoms with Gasteiger partial charge in [-0.25, -0.2) is 4.79 Å². The van der Waals surface area contributed by atoms with Crippen LogP contribution in [-0.2, 0) is 6.42 Å². The summed E-state index contributed by atoms with van der Waals surface area (Å²) in [7, 11) is 1.87. The van der Waals surface area contributed by atoms with E-state index in [2.05, 4.69) is 23.5 Å². The molecular formula is C21H24N2O3. The molecule has 1 heterocycles. The van der Waals surface area contributed by atoms with Gasteiger partial charge in [0.05, 0.1) is 12.6 Å². The van der Waals surface area contributed by atoms with Crippen molar-refractivity contribution in [2.24, 2.45) is 0 Å². The van der Waals surface area contributed by atoms with Gasteiger partial charge in [0.15, 0.2) is 17.6 Å². The Kier molecular flexibility index (Phi) is 4.69. The lowest BCUT2D eigenvalue weighted by molar-refractivity contribution is 0.0896. The number of rotatable bonds is 3. The van der Waals surface area contributed by atoms with Crippen LogP contribution in [0.5, 0.6) is 11.5 Å². The van der Waals surface area contributed by atoms with Crippen LogP contribution in [0.1, 0.15) is 30.0 Å². The summed E-state index contributed by atoms with van der Waals surface area (Å²) in [6.07, 6.45) is 3.02. The first-order valence-electron chi connectivity index (χ1n) is 9.19. The summed E-state index contributed by atoms with van der Waals surface area (Å²) in [5, 5.41) is 2.99. The third kappa shape index (κ3) is 3.34. The number of hydrogen-bond acceptors (Lipinski definition) is 3. The zero-order valence-corrected chi connectivity index (χ0v) is 15.0. The third-order valence-corrected chi connectivity index (χ3v) is 5.17. The van der Waals surface area contributed by atoms with Gasteiger partial charge in [-0.05, 0) is 42.5 Å². The van der Waals surface area contributed by atoms with E-state index < -0.39 is 0 Å². The van der Waals surface area contributed by atoms with Crippen molar-refractivity contribution >= 4 is 6.03 Å². The molecule has 1 aliphatic carbocycles. The number of nitrogens with one attached hydrogen (secondary N) is 1. The van der Waals surface area contributed by atoms with Crippen molar-refractivity contribution in [2.45, 2.75) is 31.4 Å². The quantitative estimate of drug-likeness (QED) is 0.919. The SMILES string of the molecule is CN(C(=O)NC[C@H]1COc2ccccc2O1)[C@H]1CCCc2ccccc21. The van der Waals surface area contributed by atoms with E-state index in [0.29, 0.717) is 13.2 Å². The second-order valence-electron chi connectivity index (χ2n) is 6.90. The summed E-state index contributed by atoms with van der Waals surface area (Å²) in [5.74, 6) is 1.48. The fourth-order valence-corrected chi connectivity index (χ4v) is 3.76. The van der Waals surface area contributed by atoms with E-state index in [9.17, 15) is 4.79 Å². The highest BCUT2D eigenvalue weighted by Gasteiger charge is 2.27. The first-order chi connectivity index (χ1) is 12.7. The van der Waals surface area contributed by atoms with E-state index in [1.807, 2.05) is 42.3 Å². The second-order valence-corrected chi connectivity index (χ2v) is 6.90. The summed E-state index contributed by atoms with van der Waals surface area (Å²) in [6, 6.07) is 16.1. The summed E-state index contributed by atoms with van der Waals surface area (Å²) in [4.78, 5) is 14.5. The van der Waals surface area contributed by atoms with Gasteiger partial charge in [-0.1, -0.05) is 36.4 Å². The molecule has 0 radical (unpaired) electrons. The molecule has 0 saturated heterocycles. The maximum Gasteiger partial charge on any atom is 0.317 e. The Morgan fingerprint density at radius 3 is 2.81 bits per heavy atom. The zero-order chi connectivity index (χ0) is 17.9. The van der Waals surface area contributed by atoms with Crippen molar-refractivity contribution in [2.75, 3.05) is 20.2 Å². The average Bonchev–Trinajstić information content (AvgIpc) is 2.71. The van der Waals surface area contributed by atoms with E-state index in [0.717, 1.165) is 30.8 Å². The van der Waals surface area contributed by atoms with Gasteiger partial charge < -0.3 is 19.7 Å². The molecule has 2 aromatic rings. The molecule has 0 spiro atoms. The number of carbonyl (C=O) groups is 1. The highest BCUT2D eigenvalue weighted by Crippen LogP contribution is 2.33. The molecule has 1 N–H and O–H groups in total. The van der Waals surface area contributed by atoms with Gasteiger partial charge >= 0.3 is 6.03 Å². The Morgan fingerprint density at radius 2 is 1.92 bits per heavy atom. The number of fused-ring (bicyclic) bond motifs is 2. The lowest BCUT2D eigenvalue weighted by Gasteiger charge is -2.34. The first kappa shape index (κ1) is 16.8. The van der Waals surface area contributed by atoms with Crippen molar-refractivity contribution in [3.8, 4) is 11.5 Å². The Hall–Kier alpha value is -2.69. The van der Waals surface area contributed by atoms with Crippen LogP contribution in [0.25, 0.3) is 0 Å². The molecule has 0 bridgehead atoms. The summed E-state index contributed by atoms with van der Waals surface area (Å²) in [5.41, 5.74) is 2.62. The van der Waals surface area contributed by atoms with Crippen molar-refractivity contribution in [1.29, 1.82) is 0 Å². The van der Waals surface area contributed by atoms with E-state index in [1.54, 1.807) is 0 Å². The molecule has 4 rings (SSSR count). The molecule has 136 valence electrons. The van der Waals surface area contributed by atoms with Gasteiger partial charge in [-0.2, -0.15) is 0 Å². The Bertz CT molecular complexity index is 792. The minimum absolute atomic E-state index is 0.0749. The number of aryl methyl sites for hydroxylation is 1. The molecule has 5 heteroatoms.